The van der Waals surface area contributed by atoms with E-state index in [9.17, 15) is 4.79 Å². The number of amides is 1. The van der Waals surface area contributed by atoms with Crippen LogP contribution in [0.5, 0.6) is 0 Å². The summed E-state index contributed by atoms with van der Waals surface area (Å²) >= 11 is 3.26. The zero-order valence-electron chi connectivity index (χ0n) is 8.37. The van der Waals surface area contributed by atoms with Crippen molar-refractivity contribution >= 4 is 27.7 Å². The smallest absolute Gasteiger partial charge is 0.225 e. The molecule has 1 aliphatic rings. The lowest BCUT2D eigenvalue weighted by molar-refractivity contribution is -0.116. The van der Waals surface area contributed by atoms with Crippen LogP contribution in [0.1, 0.15) is 25.7 Å². The van der Waals surface area contributed by atoms with Gasteiger partial charge in [0.1, 0.15) is 10.4 Å². The van der Waals surface area contributed by atoms with Crippen molar-refractivity contribution in [3.05, 3.63) is 22.8 Å². The molecule has 1 amide bonds. The average molecular weight is 269 g/mol. The largest absolute Gasteiger partial charge is 0.311 e. The highest BCUT2D eigenvalue weighted by Gasteiger charge is 2.21. The van der Waals surface area contributed by atoms with Crippen LogP contribution in [0.2, 0.25) is 0 Å². The Labute approximate surface area is 97.4 Å². The van der Waals surface area contributed by atoms with Crippen LogP contribution in [0.25, 0.3) is 0 Å². The van der Waals surface area contributed by atoms with Gasteiger partial charge in [-0.2, -0.15) is 0 Å². The third-order valence-electron chi connectivity index (χ3n) is 2.46. The molecule has 3 nitrogen and oxygen atoms in total. The van der Waals surface area contributed by atoms with E-state index in [4.69, 9.17) is 0 Å². The maximum absolute atomic E-state index is 11.5. The molecule has 1 aliphatic carbocycles. The zero-order chi connectivity index (χ0) is 10.7. The van der Waals surface area contributed by atoms with Crippen LogP contribution < -0.4 is 5.32 Å². The number of carbonyl (C=O) groups is 1. The Hall–Kier alpha value is -0.900. The number of nitrogens with zero attached hydrogens (tertiary/aromatic N) is 1. The number of aromatic nitrogens is 1. The van der Waals surface area contributed by atoms with E-state index in [0.717, 1.165) is 16.9 Å². The van der Waals surface area contributed by atoms with E-state index in [-0.39, 0.29) is 5.91 Å². The normalized spacial score (nSPS) is 15.0. The first-order valence-electron chi connectivity index (χ1n) is 5.16. The molecule has 0 aromatic carbocycles. The zero-order valence-corrected chi connectivity index (χ0v) is 9.96. The van der Waals surface area contributed by atoms with Crippen molar-refractivity contribution in [3.8, 4) is 0 Å². The molecule has 4 heteroatoms. The predicted molar refractivity (Wildman–Crippen MR) is 62.5 cm³/mol. The fourth-order valence-electron chi connectivity index (χ4n) is 1.42. The third-order valence-corrected chi connectivity index (χ3v) is 2.90. The number of hydrogen-bond acceptors (Lipinski definition) is 2. The monoisotopic (exact) mass is 268 g/mol. The molecule has 0 radical (unpaired) electrons. The minimum Gasteiger partial charge on any atom is -0.311 e. The van der Waals surface area contributed by atoms with E-state index in [1.165, 1.54) is 12.8 Å². The van der Waals surface area contributed by atoms with Crippen LogP contribution in [-0.2, 0) is 4.79 Å². The van der Waals surface area contributed by atoms with E-state index in [1.807, 2.05) is 12.1 Å². The van der Waals surface area contributed by atoms with Crippen LogP contribution in [0.3, 0.4) is 0 Å². The quantitative estimate of drug-likeness (QED) is 0.854. The molecule has 1 fully saturated rings. The molecule has 0 atom stereocenters. The molecular weight excluding hydrogens is 256 g/mol. The molecule has 1 aromatic heterocycles. The van der Waals surface area contributed by atoms with Gasteiger partial charge in [-0.15, -0.1) is 0 Å². The SMILES string of the molecule is O=C(CCC1CC1)Nc1cccc(Br)n1. The number of pyridine rings is 1. The van der Waals surface area contributed by atoms with Gasteiger partial charge in [0.25, 0.3) is 0 Å². The van der Waals surface area contributed by atoms with Gasteiger partial charge in [-0.1, -0.05) is 18.9 Å². The maximum atomic E-state index is 11.5. The first kappa shape index (κ1) is 10.6. The summed E-state index contributed by atoms with van der Waals surface area (Å²) in [6, 6.07) is 5.48. The lowest BCUT2D eigenvalue weighted by atomic mass is 10.2. The first-order chi connectivity index (χ1) is 7.24. The van der Waals surface area contributed by atoms with Gasteiger partial charge >= 0.3 is 0 Å². The van der Waals surface area contributed by atoms with Crippen molar-refractivity contribution in [1.29, 1.82) is 0 Å². The fraction of sp³-hybridized carbons (Fsp3) is 0.455. The molecule has 1 N–H and O–H groups in total. The Bertz CT molecular complexity index is 363. The first-order valence-corrected chi connectivity index (χ1v) is 5.96. The second kappa shape index (κ2) is 4.75. The van der Waals surface area contributed by atoms with E-state index < -0.39 is 0 Å². The third kappa shape index (κ3) is 3.63. The van der Waals surface area contributed by atoms with Gasteiger partial charge < -0.3 is 5.32 Å². The number of rotatable bonds is 4. The maximum Gasteiger partial charge on any atom is 0.225 e. The molecule has 0 aliphatic heterocycles. The predicted octanol–water partition coefficient (Wildman–Crippen LogP) is 2.97. The summed E-state index contributed by atoms with van der Waals surface area (Å²) in [7, 11) is 0. The summed E-state index contributed by atoms with van der Waals surface area (Å²) in [6.07, 6.45) is 4.21. The van der Waals surface area contributed by atoms with Crippen molar-refractivity contribution in [1.82, 2.24) is 4.98 Å². The van der Waals surface area contributed by atoms with Gasteiger partial charge in [0, 0.05) is 6.42 Å². The van der Waals surface area contributed by atoms with Crippen molar-refractivity contribution in [2.24, 2.45) is 5.92 Å². The lowest BCUT2D eigenvalue weighted by Crippen LogP contribution is -2.12. The van der Waals surface area contributed by atoms with E-state index in [2.05, 4.69) is 26.2 Å². The highest BCUT2D eigenvalue weighted by Crippen LogP contribution is 2.33. The molecule has 1 heterocycles. The number of hydrogen-bond donors (Lipinski definition) is 1. The molecule has 0 unspecified atom stereocenters. The van der Waals surface area contributed by atoms with E-state index in [0.29, 0.717) is 12.2 Å². The lowest BCUT2D eigenvalue weighted by Gasteiger charge is -2.03. The van der Waals surface area contributed by atoms with Crippen LogP contribution in [0.15, 0.2) is 22.8 Å². The van der Waals surface area contributed by atoms with Crippen LogP contribution in [0.4, 0.5) is 5.82 Å². The number of carbonyl (C=O) groups excluding carboxylic acids is 1. The van der Waals surface area contributed by atoms with Gasteiger partial charge in [0.2, 0.25) is 5.91 Å². The highest BCUT2D eigenvalue weighted by molar-refractivity contribution is 9.10. The summed E-state index contributed by atoms with van der Waals surface area (Å²) in [5.41, 5.74) is 0. The van der Waals surface area contributed by atoms with Crippen LogP contribution in [0, 0.1) is 5.92 Å². The second-order valence-electron chi connectivity index (χ2n) is 3.88. The van der Waals surface area contributed by atoms with Crippen LogP contribution in [-0.4, -0.2) is 10.9 Å². The second-order valence-corrected chi connectivity index (χ2v) is 4.69. The molecule has 0 saturated heterocycles. The highest BCUT2D eigenvalue weighted by atomic mass is 79.9. The van der Waals surface area contributed by atoms with Crippen molar-refractivity contribution < 1.29 is 4.79 Å². The van der Waals surface area contributed by atoms with Crippen molar-refractivity contribution in [2.75, 3.05) is 5.32 Å². The number of anilines is 1. The molecule has 80 valence electrons. The van der Waals surface area contributed by atoms with Gasteiger partial charge in [0.05, 0.1) is 0 Å². The Morgan fingerprint density at radius 3 is 3.00 bits per heavy atom. The van der Waals surface area contributed by atoms with Gasteiger partial charge in [-0.25, -0.2) is 4.98 Å². The summed E-state index contributed by atoms with van der Waals surface area (Å²) in [4.78, 5) is 15.6. The summed E-state index contributed by atoms with van der Waals surface area (Å²) in [5, 5.41) is 2.79. The molecule has 1 aromatic rings. The Balaban J connectivity index is 1.81. The number of nitrogens with one attached hydrogen (secondary N) is 1. The standard InChI is InChI=1S/C11H13BrN2O/c12-9-2-1-3-10(13-9)14-11(15)7-6-8-4-5-8/h1-3,8H,4-7H2,(H,13,14,15). The van der Waals surface area contributed by atoms with Gasteiger partial charge in [-0.3, -0.25) is 4.79 Å². The summed E-state index contributed by atoms with van der Waals surface area (Å²) in [5.74, 6) is 1.48. The Kier molecular flexibility index (Phi) is 3.36. The van der Waals surface area contributed by atoms with Gasteiger partial charge in [0.15, 0.2) is 0 Å². The molecular formula is C11H13BrN2O. The molecule has 15 heavy (non-hydrogen) atoms. The number of halogens is 1. The summed E-state index contributed by atoms with van der Waals surface area (Å²) in [6.45, 7) is 0. The minimum absolute atomic E-state index is 0.0625. The van der Waals surface area contributed by atoms with Gasteiger partial charge in [-0.05, 0) is 40.4 Å². The van der Waals surface area contributed by atoms with Crippen molar-refractivity contribution in [2.45, 2.75) is 25.7 Å². The fourth-order valence-corrected chi connectivity index (χ4v) is 1.77. The van der Waals surface area contributed by atoms with Crippen molar-refractivity contribution in [3.63, 3.8) is 0 Å². The van der Waals surface area contributed by atoms with E-state index in [1.54, 1.807) is 6.07 Å². The molecule has 2 rings (SSSR count). The summed E-state index contributed by atoms with van der Waals surface area (Å²) < 4.78 is 0.738. The van der Waals surface area contributed by atoms with Crippen LogP contribution >= 0.6 is 15.9 Å². The average Bonchev–Trinajstić information content (AvgIpc) is 2.98. The Morgan fingerprint density at radius 1 is 1.53 bits per heavy atom. The topological polar surface area (TPSA) is 42.0 Å². The van der Waals surface area contributed by atoms with E-state index >= 15 is 0 Å². The Morgan fingerprint density at radius 2 is 2.33 bits per heavy atom. The molecule has 0 bridgehead atoms. The minimum atomic E-state index is 0.0625. The molecule has 1 saturated carbocycles. The molecule has 0 spiro atoms.